The third-order valence-corrected chi connectivity index (χ3v) is 7.73. The number of carbonyl (C=O) groups is 1. The van der Waals surface area contributed by atoms with Crippen molar-refractivity contribution in [2.75, 3.05) is 6.61 Å². The quantitative estimate of drug-likeness (QED) is 0.743. The molecule has 0 heterocycles. The van der Waals surface area contributed by atoms with E-state index in [2.05, 4.69) is 13.0 Å². The van der Waals surface area contributed by atoms with Crippen molar-refractivity contribution in [1.29, 1.82) is 0 Å². The Morgan fingerprint density at radius 1 is 1.19 bits per heavy atom. The van der Waals surface area contributed by atoms with E-state index in [9.17, 15) is 9.90 Å². The van der Waals surface area contributed by atoms with Crippen LogP contribution < -0.4 is 0 Å². The van der Waals surface area contributed by atoms with Crippen molar-refractivity contribution < 1.29 is 9.90 Å². The Morgan fingerprint density at radius 3 is 2.86 bits per heavy atom. The number of allylic oxidation sites excluding steroid dienone is 1. The van der Waals surface area contributed by atoms with Crippen LogP contribution >= 0.6 is 0 Å². The van der Waals surface area contributed by atoms with E-state index in [1.807, 2.05) is 0 Å². The number of fused-ring (bicyclic) bond motifs is 5. The van der Waals surface area contributed by atoms with Gasteiger partial charge in [0.1, 0.15) is 5.78 Å². The van der Waals surface area contributed by atoms with Gasteiger partial charge in [-0.2, -0.15) is 0 Å². The molecule has 3 fully saturated rings. The summed E-state index contributed by atoms with van der Waals surface area (Å²) >= 11 is 0. The molecule has 0 saturated heterocycles. The van der Waals surface area contributed by atoms with Gasteiger partial charge in [-0.3, -0.25) is 4.79 Å². The molecular formula is C19H28O2. The van der Waals surface area contributed by atoms with Gasteiger partial charge in [-0.25, -0.2) is 0 Å². The molecule has 0 aromatic heterocycles. The van der Waals surface area contributed by atoms with Crippen LogP contribution in [0.1, 0.15) is 64.7 Å². The van der Waals surface area contributed by atoms with Gasteiger partial charge in [-0.05, 0) is 62.7 Å². The first-order valence-electron chi connectivity index (χ1n) is 8.95. The van der Waals surface area contributed by atoms with E-state index in [-0.39, 0.29) is 10.8 Å². The number of aliphatic hydroxyl groups excluding tert-OH is 1. The standard InChI is InChI=1S/C19H28O2/c1-18-11-9-16-14(15(18)7-8-17(18)21)6-5-13-4-2-3-10-19(13,16)12-20/h5,14-16,20H,2-4,6-12H2,1H3/t14-,15-,16-,18-,19+/m0/s1. The van der Waals surface area contributed by atoms with E-state index in [1.54, 1.807) is 5.57 Å². The van der Waals surface area contributed by atoms with Gasteiger partial charge >= 0.3 is 0 Å². The lowest BCUT2D eigenvalue weighted by Crippen LogP contribution is -2.52. The zero-order valence-electron chi connectivity index (χ0n) is 13.2. The number of rotatable bonds is 1. The van der Waals surface area contributed by atoms with Crippen LogP contribution in [0, 0.1) is 28.6 Å². The molecule has 4 aliphatic rings. The lowest BCUT2D eigenvalue weighted by molar-refractivity contribution is -0.132. The van der Waals surface area contributed by atoms with E-state index in [1.165, 1.54) is 25.7 Å². The maximum Gasteiger partial charge on any atom is 0.139 e. The van der Waals surface area contributed by atoms with Crippen molar-refractivity contribution in [1.82, 2.24) is 0 Å². The van der Waals surface area contributed by atoms with Crippen LogP contribution in [0.4, 0.5) is 0 Å². The topological polar surface area (TPSA) is 37.3 Å². The highest BCUT2D eigenvalue weighted by Gasteiger charge is 2.59. The lowest BCUT2D eigenvalue weighted by atomic mass is 9.48. The summed E-state index contributed by atoms with van der Waals surface area (Å²) in [5.41, 5.74) is 1.59. The molecule has 0 radical (unpaired) electrons. The summed E-state index contributed by atoms with van der Waals surface area (Å²) in [4.78, 5) is 12.4. The third kappa shape index (κ3) is 1.72. The number of Topliss-reactive ketones (excluding diaryl/α,β-unsaturated/α-hetero) is 1. The first kappa shape index (κ1) is 14.0. The Labute approximate surface area is 128 Å². The molecule has 0 aromatic carbocycles. The highest BCUT2D eigenvalue weighted by Crippen LogP contribution is 2.63. The van der Waals surface area contributed by atoms with Gasteiger partial charge in [0.15, 0.2) is 0 Å². The number of hydrogen-bond donors (Lipinski definition) is 1. The molecule has 0 amide bonds. The molecule has 0 aromatic rings. The average molecular weight is 288 g/mol. The molecule has 116 valence electrons. The fourth-order valence-electron chi connectivity index (χ4n) is 6.54. The van der Waals surface area contributed by atoms with Crippen molar-refractivity contribution in [3.8, 4) is 0 Å². The summed E-state index contributed by atoms with van der Waals surface area (Å²) in [6, 6.07) is 0. The second kappa shape index (κ2) is 4.68. The van der Waals surface area contributed by atoms with E-state index in [4.69, 9.17) is 0 Å². The molecule has 2 heteroatoms. The van der Waals surface area contributed by atoms with E-state index in [0.29, 0.717) is 30.1 Å². The summed E-state index contributed by atoms with van der Waals surface area (Å²) in [5, 5.41) is 10.3. The Kier molecular flexibility index (Phi) is 3.12. The Hall–Kier alpha value is -0.630. The minimum absolute atomic E-state index is 0.0438. The van der Waals surface area contributed by atoms with E-state index >= 15 is 0 Å². The van der Waals surface area contributed by atoms with Gasteiger partial charge in [0.25, 0.3) is 0 Å². The molecule has 5 atom stereocenters. The summed E-state index contributed by atoms with van der Waals surface area (Å²) in [5.74, 6) is 2.37. The molecule has 3 saturated carbocycles. The Bertz CT molecular complexity index is 494. The van der Waals surface area contributed by atoms with Crippen molar-refractivity contribution in [3.63, 3.8) is 0 Å². The predicted molar refractivity (Wildman–Crippen MR) is 82.7 cm³/mol. The summed E-state index contributed by atoms with van der Waals surface area (Å²) in [7, 11) is 0. The predicted octanol–water partition coefficient (Wildman–Crippen LogP) is 3.88. The van der Waals surface area contributed by atoms with Gasteiger partial charge in [0.2, 0.25) is 0 Å². The highest BCUT2D eigenvalue weighted by molar-refractivity contribution is 5.87. The molecule has 4 rings (SSSR count). The maximum atomic E-state index is 12.4. The smallest absolute Gasteiger partial charge is 0.139 e. The van der Waals surface area contributed by atoms with Gasteiger partial charge in [-0.1, -0.05) is 25.0 Å². The van der Waals surface area contributed by atoms with Crippen LogP contribution in [0.5, 0.6) is 0 Å². The van der Waals surface area contributed by atoms with Crippen LogP contribution in [-0.4, -0.2) is 17.5 Å². The highest BCUT2D eigenvalue weighted by atomic mass is 16.3. The minimum Gasteiger partial charge on any atom is -0.395 e. The van der Waals surface area contributed by atoms with Gasteiger partial charge in [0.05, 0.1) is 6.61 Å². The van der Waals surface area contributed by atoms with Crippen LogP contribution in [0.2, 0.25) is 0 Å². The van der Waals surface area contributed by atoms with Crippen molar-refractivity contribution in [2.45, 2.75) is 64.7 Å². The number of hydrogen-bond acceptors (Lipinski definition) is 2. The molecule has 1 N–H and O–H groups in total. The zero-order valence-corrected chi connectivity index (χ0v) is 13.2. The number of ketones is 1. The SMILES string of the molecule is C[C@]12CC[C@H]3[C@@H](CC=C4CCCC[C@@]43CO)[C@@H]1CCC2=O. The number of aliphatic hydroxyl groups is 1. The molecule has 2 nitrogen and oxygen atoms in total. The summed E-state index contributed by atoms with van der Waals surface area (Å²) in [6.07, 6.45) is 12.7. The third-order valence-electron chi connectivity index (χ3n) is 7.73. The first-order valence-corrected chi connectivity index (χ1v) is 8.95. The summed E-state index contributed by atoms with van der Waals surface area (Å²) < 4.78 is 0. The minimum atomic E-state index is -0.0438. The van der Waals surface area contributed by atoms with Gasteiger partial charge in [0, 0.05) is 17.3 Å². The van der Waals surface area contributed by atoms with Crippen molar-refractivity contribution in [2.24, 2.45) is 28.6 Å². The van der Waals surface area contributed by atoms with E-state index in [0.717, 1.165) is 32.1 Å². The van der Waals surface area contributed by atoms with Crippen LogP contribution in [0.25, 0.3) is 0 Å². The van der Waals surface area contributed by atoms with Crippen molar-refractivity contribution >= 4 is 5.78 Å². The fraction of sp³-hybridized carbons (Fsp3) is 0.842. The largest absolute Gasteiger partial charge is 0.395 e. The average Bonchev–Trinajstić information content (AvgIpc) is 2.82. The second-order valence-corrected chi connectivity index (χ2v) is 8.28. The summed E-state index contributed by atoms with van der Waals surface area (Å²) in [6.45, 7) is 2.56. The molecule has 0 unspecified atom stereocenters. The second-order valence-electron chi connectivity index (χ2n) is 8.28. The normalized spacial score (nSPS) is 49.1. The zero-order chi connectivity index (χ0) is 14.7. The van der Waals surface area contributed by atoms with Gasteiger partial charge in [-0.15, -0.1) is 0 Å². The molecule has 0 bridgehead atoms. The molecule has 4 aliphatic carbocycles. The van der Waals surface area contributed by atoms with Gasteiger partial charge < -0.3 is 5.11 Å². The van der Waals surface area contributed by atoms with E-state index < -0.39 is 0 Å². The molecular weight excluding hydrogens is 260 g/mol. The first-order chi connectivity index (χ1) is 10.1. The molecule has 0 aliphatic heterocycles. The number of carbonyl (C=O) groups excluding carboxylic acids is 1. The molecule has 21 heavy (non-hydrogen) atoms. The fourth-order valence-corrected chi connectivity index (χ4v) is 6.54. The maximum absolute atomic E-state index is 12.4. The Balaban J connectivity index is 1.73. The van der Waals surface area contributed by atoms with Crippen molar-refractivity contribution in [3.05, 3.63) is 11.6 Å². The van der Waals surface area contributed by atoms with Crippen LogP contribution in [0.3, 0.4) is 0 Å². The molecule has 0 spiro atoms. The monoisotopic (exact) mass is 288 g/mol. The Morgan fingerprint density at radius 2 is 2.05 bits per heavy atom. The van der Waals surface area contributed by atoms with Crippen LogP contribution in [-0.2, 0) is 4.79 Å². The lowest BCUT2D eigenvalue weighted by Gasteiger charge is -2.57. The van der Waals surface area contributed by atoms with Crippen LogP contribution in [0.15, 0.2) is 11.6 Å².